The zero-order valence-corrected chi connectivity index (χ0v) is 14.8. The van der Waals surface area contributed by atoms with E-state index in [4.69, 9.17) is 0 Å². The van der Waals surface area contributed by atoms with E-state index in [2.05, 4.69) is 44.6 Å². The summed E-state index contributed by atoms with van der Waals surface area (Å²) in [4.78, 5) is 15.1. The normalized spacial score (nSPS) is 20.3. The lowest BCUT2D eigenvalue weighted by molar-refractivity contribution is 0.0661. The average molecular weight is 305 g/mol. The molecule has 1 fully saturated rings. The summed E-state index contributed by atoms with van der Waals surface area (Å²) in [5, 5.41) is 4.38. The van der Waals surface area contributed by atoms with Crippen molar-refractivity contribution in [3.63, 3.8) is 0 Å². The predicted molar refractivity (Wildman–Crippen MR) is 90.0 cm³/mol. The van der Waals surface area contributed by atoms with Gasteiger partial charge in [0.15, 0.2) is 0 Å². The summed E-state index contributed by atoms with van der Waals surface area (Å²) in [5.74, 6) is 0.777. The highest BCUT2D eigenvalue weighted by atomic mass is 16.2. The Morgan fingerprint density at radius 2 is 2.05 bits per heavy atom. The van der Waals surface area contributed by atoms with Gasteiger partial charge in [0.2, 0.25) is 0 Å². The van der Waals surface area contributed by atoms with Gasteiger partial charge in [-0.05, 0) is 46.0 Å². The van der Waals surface area contributed by atoms with Crippen molar-refractivity contribution in [2.24, 2.45) is 5.92 Å². The number of carbonyl (C=O) groups is 1. The van der Waals surface area contributed by atoms with Crippen LogP contribution >= 0.6 is 0 Å². The molecule has 1 amide bonds. The molecule has 1 atom stereocenters. The number of amides is 1. The van der Waals surface area contributed by atoms with E-state index in [0.717, 1.165) is 31.4 Å². The third kappa shape index (κ3) is 4.11. The molecule has 0 spiro atoms. The summed E-state index contributed by atoms with van der Waals surface area (Å²) in [6, 6.07) is 0.382. The maximum absolute atomic E-state index is 13.0. The van der Waals surface area contributed by atoms with E-state index in [1.54, 1.807) is 6.20 Å². The lowest BCUT2D eigenvalue weighted by Gasteiger charge is -2.31. The van der Waals surface area contributed by atoms with Gasteiger partial charge in [0.1, 0.15) is 0 Å². The molecule has 0 radical (unpaired) electrons. The summed E-state index contributed by atoms with van der Waals surface area (Å²) in [6.07, 6.45) is 9.46. The fourth-order valence-corrected chi connectivity index (χ4v) is 3.20. The van der Waals surface area contributed by atoms with E-state index in [-0.39, 0.29) is 11.4 Å². The Morgan fingerprint density at radius 1 is 1.32 bits per heavy atom. The topological polar surface area (TPSA) is 38.1 Å². The number of likely N-dealkylation sites (tertiary alicyclic amines) is 1. The fraction of sp³-hybridized carbons (Fsp3) is 0.778. The highest BCUT2D eigenvalue weighted by Crippen LogP contribution is 2.24. The first-order valence-electron chi connectivity index (χ1n) is 8.65. The molecule has 2 rings (SSSR count). The third-order valence-electron chi connectivity index (χ3n) is 4.40. The van der Waals surface area contributed by atoms with Crippen LogP contribution in [0.5, 0.6) is 0 Å². The van der Waals surface area contributed by atoms with Gasteiger partial charge in [-0.3, -0.25) is 9.48 Å². The van der Waals surface area contributed by atoms with Gasteiger partial charge >= 0.3 is 0 Å². The molecular formula is C18H31N3O. The molecule has 0 N–H and O–H groups in total. The fourth-order valence-electron chi connectivity index (χ4n) is 3.20. The van der Waals surface area contributed by atoms with Gasteiger partial charge < -0.3 is 4.90 Å². The van der Waals surface area contributed by atoms with Crippen LogP contribution in [0.1, 0.15) is 77.1 Å². The first kappa shape index (κ1) is 17.0. The second kappa shape index (κ2) is 6.84. The number of nitrogens with zero attached hydrogens (tertiary/aromatic N) is 3. The van der Waals surface area contributed by atoms with E-state index < -0.39 is 0 Å². The minimum atomic E-state index is -0.0886. The molecule has 1 unspecified atom stereocenters. The highest BCUT2D eigenvalue weighted by molar-refractivity contribution is 5.94. The van der Waals surface area contributed by atoms with Crippen molar-refractivity contribution in [1.29, 1.82) is 0 Å². The maximum Gasteiger partial charge on any atom is 0.257 e. The van der Waals surface area contributed by atoms with Crippen molar-refractivity contribution >= 4 is 5.91 Å². The number of aromatic nitrogens is 2. The summed E-state index contributed by atoms with van der Waals surface area (Å²) in [5.41, 5.74) is 0.639. The molecule has 0 bridgehead atoms. The minimum Gasteiger partial charge on any atom is -0.336 e. The van der Waals surface area contributed by atoms with Crippen LogP contribution in [0, 0.1) is 5.92 Å². The van der Waals surface area contributed by atoms with Crippen LogP contribution in [0.3, 0.4) is 0 Å². The smallest absolute Gasteiger partial charge is 0.257 e. The number of hydrogen-bond donors (Lipinski definition) is 0. The van der Waals surface area contributed by atoms with Crippen molar-refractivity contribution in [3.8, 4) is 0 Å². The SMILES string of the molecule is CC(C)CC1CCCCCN1C(=O)c1cnn(C(C)(C)C)c1. The van der Waals surface area contributed by atoms with E-state index in [1.165, 1.54) is 12.8 Å². The average Bonchev–Trinajstić information content (AvgIpc) is 2.80. The van der Waals surface area contributed by atoms with Crippen LogP contribution in [0.2, 0.25) is 0 Å². The molecule has 1 aliphatic rings. The molecular weight excluding hydrogens is 274 g/mol. The second-order valence-corrected chi connectivity index (χ2v) is 7.98. The molecule has 0 aliphatic carbocycles. The molecule has 124 valence electrons. The zero-order chi connectivity index (χ0) is 16.3. The Hall–Kier alpha value is -1.32. The Labute approximate surface area is 134 Å². The molecule has 4 nitrogen and oxygen atoms in total. The van der Waals surface area contributed by atoms with Gasteiger partial charge in [0, 0.05) is 18.8 Å². The van der Waals surface area contributed by atoms with E-state index in [9.17, 15) is 4.79 Å². The Bertz CT molecular complexity index is 499. The zero-order valence-electron chi connectivity index (χ0n) is 14.8. The van der Waals surface area contributed by atoms with Crippen LogP contribution in [0.15, 0.2) is 12.4 Å². The predicted octanol–water partition coefficient (Wildman–Crippen LogP) is 4.07. The molecule has 22 heavy (non-hydrogen) atoms. The van der Waals surface area contributed by atoms with E-state index in [1.807, 2.05) is 10.9 Å². The lowest BCUT2D eigenvalue weighted by atomic mass is 9.98. The first-order chi connectivity index (χ1) is 10.3. The van der Waals surface area contributed by atoms with Crippen molar-refractivity contribution in [1.82, 2.24) is 14.7 Å². The van der Waals surface area contributed by atoms with Crippen LogP contribution in [0.25, 0.3) is 0 Å². The Kier molecular flexibility index (Phi) is 5.30. The minimum absolute atomic E-state index is 0.0886. The maximum atomic E-state index is 13.0. The number of carbonyl (C=O) groups excluding carboxylic acids is 1. The number of rotatable bonds is 3. The van der Waals surface area contributed by atoms with Crippen molar-refractivity contribution < 1.29 is 4.79 Å². The third-order valence-corrected chi connectivity index (χ3v) is 4.40. The molecule has 1 aliphatic heterocycles. The summed E-state index contributed by atoms with van der Waals surface area (Å²) < 4.78 is 1.88. The summed E-state index contributed by atoms with van der Waals surface area (Å²) in [6.45, 7) is 11.7. The number of hydrogen-bond acceptors (Lipinski definition) is 2. The van der Waals surface area contributed by atoms with E-state index in [0.29, 0.717) is 12.0 Å². The second-order valence-electron chi connectivity index (χ2n) is 7.98. The Morgan fingerprint density at radius 3 is 2.64 bits per heavy atom. The molecule has 1 aromatic heterocycles. The Balaban J connectivity index is 2.18. The monoisotopic (exact) mass is 305 g/mol. The van der Waals surface area contributed by atoms with Crippen LogP contribution in [-0.4, -0.2) is 33.2 Å². The summed E-state index contributed by atoms with van der Waals surface area (Å²) >= 11 is 0. The van der Waals surface area contributed by atoms with Crippen molar-refractivity contribution in [3.05, 3.63) is 18.0 Å². The standard InChI is InChI=1S/C18H31N3O/c1-14(2)11-16-9-7-6-8-10-20(16)17(22)15-12-19-21(13-15)18(3,4)5/h12-14,16H,6-11H2,1-5H3. The highest BCUT2D eigenvalue weighted by Gasteiger charge is 2.28. The first-order valence-corrected chi connectivity index (χ1v) is 8.65. The summed E-state index contributed by atoms with van der Waals surface area (Å²) in [7, 11) is 0. The van der Waals surface area contributed by atoms with Gasteiger partial charge in [-0.2, -0.15) is 5.10 Å². The van der Waals surface area contributed by atoms with E-state index >= 15 is 0 Å². The van der Waals surface area contributed by atoms with Gasteiger partial charge in [-0.1, -0.05) is 26.7 Å². The lowest BCUT2D eigenvalue weighted by Crippen LogP contribution is -2.40. The van der Waals surface area contributed by atoms with Crippen LogP contribution in [-0.2, 0) is 5.54 Å². The molecule has 0 saturated carbocycles. The molecule has 4 heteroatoms. The van der Waals surface area contributed by atoms with Gasteiger partial charge in [0.25, 0.3) is 5.91 Å². The quantitative estimate of drug-likeness (QED) is 0.844. The van der Waals surface area contributed by atoms with Gasteiger partial charge in [0.05, 0.1) is 17.3 Å². The molecule has 2 heterocycles. The van der Waals surface area contributed by atoms with Crippen molar-refractivity contribution in [2.45, 2.75) is 78.3 Å². The van der Waals surface area contributed by atoms with Crippen LogP contribution in [0.4, 0.5) is 0 Å². The molecule has 0 aromatic carbocycles. The van der Waals surface area contributed by atoms with Crippen molar-refractivity contribution in [2.75, 3.05) is 6.54 Å². The van der Waals surface area contributed by atoms with Crippen LogP contribution < -0.4 is 0 Å². The van der Waals surface area contributed by atoms with Gasteiger partial charge in [-0.25, -0.2) is 0 Å². The van der Waals surface area contributed by atoms with Gasteiger partial charge in [-0.15, -0.1) is 0 Å². The molecule has 1 aromatic rings. The largest absolute Gasteiger partial charge is 0.336 e. The molecule has 1 saturated heterocycles.